The highest BCUT2D eigenvalue weighted by molar-refractivity contribution is 5.63. The number of nitrogens with zero attached hydrogens (tertiary/aromatic N) is 2. The standard InChI is InChI=1S/C12H10N2O3/c1-17-12-7-10(9-5-3-2-4-6-9)13-8-11(12)14(15)16/h2-8H,1H3. The molecule has 1 aromatic heterocycles. The highest BCUT2D eigenvalue weighted by Crippen LogP contribution is 2.29. The molecule has 2 aromatic rings. The minimum atomic E-state index is -0.513. The maximum Gasteiger partial charge on any atom is 0.329 e. The first-order valence-electron chi connectivity index (χ1n) is 4.96. The van der Waals surface area contributed by atoms with Crippen molar-refractivity contribution in [1.29, 1.82) is 0 Å². The molecule has 0 fully saturated rings. The Morgan fingerprint density at radius 1 is 1.29 bits per heavy atom. The Morgan fingerprint density at radius 2 is 2.00 bits per heavy atom. The van der Waals surface area contributed by atoms with Crippen molar-refractivity contribution in [1.82, 2.24) is 4.98 Å². The zero-order valence-corrected chi connectivity index (χ0v) is 9.16. The predicted molar refractivity (Wildman–Crippen MR) is 62.9 cm³/mol. The molecule has 86 valence electrons. The monoisotopic (exact) mass is 230 g/mol. The van der Waals surface area contributed by atoms with Gasteiger partial charge in [0.2, 0.25) is 5.75 Å². The fourth-order valence-electron chi connectivity index (χ4n) is 1.50. The molecule has 1 heterocycles. The molecule has 17 heavy (non-hydrogen) atoms. The van der Waals surface area contributed by atoms with Gasteiger partial charge in [-0.3, -0.25) is 10.1 Å². The lowest BCUT2D eigenvalue weighted by Gasteiger charge is -2.04. The largest absolute Gasteiger partial charge is 0.490 e. The molecule has 0 aliphatic carbocycles. The average molecular weight is 230 g/mol. The molecular formula is C12H10N2O3. The van der Waals surface area contributed by atoms with E-state index in [4.69, 9.17) is 4.74 Å². The zero-order valence-electron chi connectivity index (χ0n) is 9.16. The molecule has 0 bridgehead atoms. The molecule has 2 rings (SSSR count). The number of methoxy groups -OCH3 is 1. The van der Waals surface area contributed by atoms with Crippen molar-refractivity contribution in [2.24, 2.45) is 0 Å². The van der Waals surface area contributed by atoms with Crippen molar-refractivity contribution in [3.05, 3.63) is 52.7 Å². The molecule has 0 spiro atoms. The summed E-state index contributed by atoms with van der Waals surface area (Å²) in [4.78, 5) is 14.3. The van der Waals surface area contributed by atoms with Gasteiger partial charge in [0.05, 0.1) is 17.7 Å². The van der Waals surface area contributed by atoms with E-state index < -0.39 is 4.92 Å². The maximum atomic E-state index is 10.7. The van der Waals surface area contributed by atoms with Crippen molar-refractivity contribution in [3.8, 4) is 17.0 Å². The Balaban J connectivity index is 2.49. The van der Waals surface area contributed by atoms with Crippen molar-refractivity contribution in [2.75, 3.05) is 7.11 Å². The van der Waals surface area contributed by atoms with Gasteiger partial charge in [0, 0.05) is 11.6 Å². The molecule has 0 aliphatic heterocycles. The maximum absolute atomic E-state index is 10.7. The number of hydrogen-bond donors (Lipinski definition) is 0. The molecule has 0 radical (unpaired) electrons. The summed E-state index contributed by atoms with van der Waals surface area (Å²) in [5.74, 6) is 0.212. The van der Waals surface area contributed by atoms with Gasteiger partial charge in [-0.2, -0.15) is 0 Å². The second-order valence-electron chi connectivity index (χ2n) is 3.36. The van der Waals surface area contributed by atoms with E-state index >= 15 is 0 Å². The van der Waals surface area contributed by atoms with Crippen LogP contribution in [0.2, 0.25) is 0 Å². The summed E-state index contributed by atoms with van der Waals surface area (Å²) in [6.45, 7) is 0. The molecule has 0 amide bonds. The molecule has 5 nitrogen and oxygen atoms in total. The van der Waals surface area contributed by atoms with E-state index in [-0.39, 0.29) is 11.4 Å². The van der Waals surface area contributed by atoms with Crippen LogP contribution in [-0.4, -0.2) is 17.0 Å². The van der Waals surface area contributed by atoms with Gasteiger partial charge in [-0.15, -0.1) is 0 Å². The molecule has 0 saturated heterocycles. The number of nitro groups is 1. The van der Waals surface area contributed by atoms with E-state index in [2.05, 4.69) is 4.98 Å². The third-order valence-electron chi connectivity index (χ3n) is 2.33. The SMILES string of the molecule is COc1cc(-c2ccccc2)ncc1[N+](=O)[O-]. The summed E-state index contributed by atoms with van der Waals surface area (Å²) in [7, 11) is 1.40. The first-order chi connectivity index (χ1) is 8.22. The van der Waals surface area contributed by atoms with Crippen LogP contribution < -0.4 is 4.74 Å². The summed E-state index contributed by atoms with van der Waals surface area (Å²) >= 11 is 0. The van der Waals surface area contributed by atoms with E-state index in [0.29, 0.717) is 5.69 Å². The van der Waals surface area contributed by atoms with E-state index in [0.717, 1.165) is 5.56 Å². The van der Waals surface area contributed by atoms with Crippen LogP contribution in [0.15, 0.2) is 42.6 Å². The molecule has 0 N–H and O–H groups in total. The molecule has 0 unspecified atom stereocenters. The number of benzene rings is 1. The Hall–Kier alpha value is -2.43. The lowest BCUT2D eigenvalue weighted by molar-refractivity contribution is -0.386. The minimum absolute atomic E-state index is 0.132. The highest BCUT2D eigenvalue weighted by atomic mass is 16.6. The van der Waals surface area contributed by atoms with Crippen LogP contribution in [0.4, 0.5) is 5.69 Å². The van der Waals surface area contributed by atoms with E-state index in [1.807, 2.05) is 30.3 Å². The second kappa shape index (κ2) is 4.61. The number of hydrogen-bond acceptors (Lipinski definition) is 4. The van der Waals surface area contributed by atoms with Crippen molar-refractivity contribution >= 4 is 5.69 Å². The Labute approximate surface area is 97.8 Å². The molecule has 5 heteroatoms. The van der Waals surface area contributed by atoms with Gasteiger partial charge in [-0.25, -0.2) is 4.98 Å². The number of aromatic nitrogens is 1. The minimum Gasteiger partial charge on any atom is -0.490 e. The summed E-state index contributed by atoms with van der Waals surface area (Å²) in [5, 5.41) is 10.7. The third kappa shape index (κ3) is 2.23. The Bertz CT molecular complexity index is 541. The van der Waals surface area contributed by atoms with Crippen LogP contribution in [0.3, 0.4) is 0 Å². The van der Waals surface area contributed by atoms with Crippen LogP contribution in [0, 0.1) is 10.1 Å². The first kappa shape index (κ1) is 11.1. The van der Waals surface area contributed by atoms with Crippen LogP contribution in [-0.2, 0) is 0 Å². The van der Waals surface area contributed by atoms with E-state index in [1.165, 1.54) is 13.3 Å². The normalized spacial score (nSPS) is 9.94. The van der Waals surface area contributed by atoms with Gasteiger partial charge in [0.15, 0.2) is 0 Å². The molecular weight excluding hydrogens is 220 g/mol. The fraction of sp³-hybridized carbons (Fsp3) is 0.0833. The lowest BCUT2D eigenvalue weighted by atomic mass is 10.1. The quantitative estimate of drug-likeness (QED) is 0.600. The summed E-state index contributed by atoms with van der Waals surface area (Å²) in [5.41, 5.74) is 1.40. The fourth-order valence-corrected chi connectivity index (χ4v) is 1.50. The number of pyridine rings is 1. The van der Waals surface area contributed by atoms with E-state index in [1.54, 1.807) is 6.07 Å². The van der Waals surface area contributed by atoms with Gasteiger partial charge >= 0.3 is 5.69 Å². The topological polar surface area (TPSA) is 65.3 Å². The summed E-state index contributed by atoms with van der Waals surface area (Å²) in [6.07, 6.45) is 1.21. The number of ether oxygens (including phenoxy) is 1. The smallest absolute Gasteiger partial charge is 0.329 e. The predicted octanol–water partition coefficient (Wildman–Crippen LogP) is 2.67. The summed E-state index contributed by atoms with van der Waals surface area (Å²) in [6, 6.07) is 11.0. The zero-order chi connectivity index (χ0) is 12.3. The van der Waals surface area contributed by atoms with Gasteiger partial charge in [-0.05, 0) is 0 Å². The van der Waals surface area contributed by atoms with E-state index in [9.17, 15) is 10.1 Å². The third-order valence-corrected chi connectivity index (χ3v) is 2.33. The molecule has 0 atom stereocenters. The van der Waals surface area contributed by atoms with Crippen molar-refractivity contribution in [2.45, 2.75) is 0 Å². The molecule has 0 saturated carbocycles. The summed E-state index contributed by atoms with van der Waals surface area (Å²) < 4.78 is 4.99. The first-order valence-corrected chi connectivity index (χ1v) is 4.96. The highest BCUT2D eigenvalue weighted by Gasteiger charge is 2.16. The van der Waals surface area contributed by atoms with Gasteiger partial charge < -0.3 is 4.74 Å². The van der Waals surface area contributed by atoms with Crippen molar-refractivity contribution in [3.63, 3.8) is 0 Å². The Morgan fingerprint density at radius 3 is 2.59 bits per heavy atom. The van der Waals surface area contributed by atoms with Gasteiger partial charge in [-0.1, -0.05) is 30.3 Å². The molecule has 1 aromatic carbocycles. The lowest BCUT2D eigenvalue weighted by Crippen LogP contribution is -1.95. The van der Waals surface area contributed by atoms with Gasteiger partial charge in [0.25, 0.3) is 0 Å². The van der Waals surface area contributed by atoms with Crippen LogP contribution in [0.5, 0.6) is 5.75 Å². The van der Waals surface area contributed by atoms with Crippen LogP contribution in [0.25, 0.3) is 11.3 Å². The van der Waals surface area contributed by atoms with Gasteiger partial charge in [0.1, 0.15) is 6.20 Å². The second-order valence-corrected chi connectivity index (χ2v) is 3.36. The number of rotatable bonds is 3. The Kier molecular flexibility index (Phi) is 3.00. The van der Waals surface area contributed by atoms with Crippen LogP contribution in [0.1, 0.15) is 0 Å². The molecule has 0 aliphatic rings. The van der Waals surface area contributed by atoms with Crippen molar-refractivity contribution < 1.29 is 9.66 Å². The average Bonchev–Trinajstić information content (AvgIpc) is 2.39. The van der Waals surface area contributed by atoms with Crippen LogP contribution >= 0.6 is 0 Å².